The lowest BCUT2D eigenvalue weighted by Crippen LogP contribution is -2.34. The van der Waals surface area contributed by atoms with Crippen LogP contribution in [0.25, 0.3) is 83.0 Å². The minimum atomic E-state index is 0.771. The fraction of sp³-hybridized carbons (Fsp3) is 0.0377. The molecule has 0 amide bonds. The Morgan fingerprint density at radius 1 is 0.526 bits per heavy atom. The van der Waals surface area contributed by atoms with E-state index < -0.39 is 0 Å². The molecule has 8 aromatic carbocycles. The van der Waals surface area contributed by atoms with Gasteiger partial charge in [-0.25, -0.2) is 4.99 Å². The number of furan rings is 1. The number of anilines is 1. The fourth-order valence-electron chi connectivity index (χ4n) is 8.92. The summed E-state index contributed by atoms with van der Waals surface area (Å²) < 4.78 is 9.09. The monoisotopic (exact) mass is 731 g/mol. The lowest BCUT2D eigenvalue weighted by molar-refractivity contribution is 0.575. The highest BCUT2D eigenvalue weighted by atomic mass is 16.3. The van der Waals surface area contributed by atoms with Gasteiger partial charge in [0.25, 0.3) is 0 Å². The fourth-order valence-corrected chi connectivity index (χ4v) is 8.92. The zero-order valence-corrected chi connectivity index (χ0v) is 31.6. The predicted molar refractivity (Wildman–Crippen MR) is 240 cm³/mol. The van der Waals surface area contributed by atoms with Crippen molar-refractivity contribution in [1.29, 1.82) is 0 Å². The Balaban J connectivity index is 1.21. The number of para-hydroxylation sites is 2. The molecule has 0 atom stereocenters. The standard InChI is InChI=1S/C53H37N3O/c1-3-4-27-48-49(53-54-51(34-17-7-5-8-18-34)50-41-24-13-11-21-38(41)39-22-12-14-25-42(39)52(50)55(53)2)44-33-36(29-31-47(44)57-48)35-28-30-46-43(32-35)40-23-15-16-26-45(40)56(46)37-19-9-6-10-20-37/h3-33H,1-2H3/b4-3-,48-27+,53-49-. The summed E-state index contributed by atoms with van der Waals surface area (Å²) >= 11 is 0. The van der Waals surface area contributed by atoms with Crippen LogP contribution in [0.15, 0.2) is 191 Å². The Morgan fingerprint density at radius 2 is 1.12 bits per heavy atom. The van der Waals surface area contributed by atoms with E-state index in [-0.39, 0.29) is 0 Å². The van der Waals surface area contributed by atoms with Crippen LogP contribution in [0.4, 0.5) is 5.69 Å². The third-order valence-corrected chi connectivity index (χ3v) is 11.5. The minimum Gasteiger partial charge on any atom is -0.456 e. The number of aliphatic imine (C=N–C) groups is 1. The maximum atomic E-state index is 6.73. The van der Waals surface area contributed by atoms with Crippen molar-refractivity contribution in [2.24, 2.45) is 4.99 Å². The molecule has 0 bridgehead atoms. The lowest BCUT2D eigenvalue weighted by Gasteiger charge is -2.31. The van der Waals surface area contributed by atoms with E-state index in [1.165, 1.54) is 43.4 Å². The third kappa shape index (κ3) is 5.11. The van der Waals surface area contributed by atoms with Gasteiger partial charge in [-0.15, -0.1) is 0 Å². The second kappa shape index (κ2) is 13.1. The maximum absolute atomic E-state index is 6.73. The van der Waals surface area contributed by atoms with Crippen molar-refractivity contribution in [1.82, 2.24) is 4.57 Å². The Labute approximate surface area is 329 Å². The maximum Gasteiger partial charge on any atom is 0.145 e. The molecule has 4 nitrogen and oxygen atoms in total. The largest absolute Gasteiger partial charge is 0.456 e. The lowest BCUT2D eigenvalue weighted by atomic mass is 9.88. The molecule has 3 heterocycles. The van der Waals surface area contributed by atoms with Crippen LogP contribution in [0.5, 0.6) is 0 Å². The molecule has 0 fully saturated rings. The molecular formula is C53H37N3O. The Morgan fingerprint density at radius 3 is 1.88 bits per heavy atom. The molecular weight excluding hydrogens is 695 g/mol. The van der Waals surface area contributed by atoms with Crippen LogP contribution in [-0.2, 0) is 0 Å². The summed E-state index contributed by atoms with van der Waals surface area (Å²) in [7, 11) is 2.15. The molecule has 11 rings (SSSR count). The highest BCUT2D eigenvalue weighted by Crippen LogP contribution is 2.44. The predicted octanol–water partition coefficient (Wildman–Crippen LogP) is 11.9. The van der Waals surface area contributed by atoms with Gasteiger partial charge < -0.3 is 13.9 Å². The molecule has 1 aliphatic rings. The number of fused-ring (bicyclic) bond motifs is 10. The first kappa shape index (κ1) is 33.0. The van der Waals surface area contributed by atoms with Gasteiger partial charge in [-0.2, -0.15) is 0 Å². The number of aromatic nitrogens is 1. The zero-order valence-electron chi connectivity index (χ0n) is 31.6. The van der Waals surface area contributed by atoms with E-state index in [1.807, 2.05) is 19.1 Å². The number of benzene rings is 8. The van der Waals surface area contributed by atoms with Gasteiger partial charge in [0.1, 0.15) is 16.8 Å². The average Bonchev–Trinajstić information content (AvgIpc) is 3.81. The second-order valence-corrected chi connectivity index (χ2v) is 14.7. The van der Waals surface area contributed by atoms with Crippen LogP contribution in [0.1, 0.15) is 18.1 Å². The number of allylic oxidation sites excluding steroid dienone is 2. The number of hydrogen-bond acceptors (Lipinski definition) is 3. The summed E-state index contributed by atoms with van der Waals surface area (Å²) in [6.07, 6.45) is 6.14. The van der Waals surface area contributed by atoms with E-state index in [0.29, 0.717) is 0 Å². The van der Waals surface area contributed by atoms with Crippen molar-refractivity contribution in [3.05, 3.63) is 204 Å². The van der Waals surface area contributed by atoms with Crippen LogP contribution < -0.4 is 15.5 Å². The summed E-state index contributed by atoms with van der Waals surface area (Å²) in [4.78, 5) is 7.94. The molecule has 57 heavy (non-hydrogen) atoms. The summed E-state index contributed by atoms with van der Waals surface area (Å²) in [6.45, 7) is 2.03. The van der Waals surface area contributed by atoms with Gasteiger partial charge in [0.2, 0.25) is 0 Å². The van der Waals surface area contributed by atoms with Crippen LogP contribution in [0, 0.1) is 0 Å². The van der Waals surface area contributed by atoms with Gasteiger partial charge in [0.05, 0.1) is 27.7 Å². The molecule has 270 valence electrons. The van der Waals surface area contributed by atoms with E-state index in [9.17, 15) is 0 Å². The second-order valence-electron chi connectivity index (χ2n) is 14.7. The zero-order chi connectivity index (χ0) is 38.0. The van der Waals surface area contributed by atoms with Crippen molar-refractivity contribution >= 4 is 77.6 Å². The molecule has 4 heteroatoms. The van der Waals surface area contributed by atoms with E-state index in [4.69, 9.17) is 9.41 Å². The van der Waals surface area contributed by atoms with E-state index >= 15 is 0 Å². The van der Waals surface area contributed by atoms with Crippen molar-refractivity contribution < 1.29 is 4.42 Å². The highest BCUT2D eigenvalue weighted by Gasteiger charge is 2.29. The van der Waals surface area contributed by atoms with Gasteiger partial charge in [-0.05, 0) is 82.7 Å². The van der Waals surface area contributed by atoms with Crippen molar-refractivity contribution in [3.63, 3.8) is 0 Å². The van der Waals surface area contributed by atoms with Gasteiger partial charge in [-0.3, -0.25) is 0 Å². The number of nitrogens with zero attached hydrogens (tertiary/aromatic N) is 3. The summed E-state index contributed by atoms with van der Waals surface area (Å²) in [5.41, 5.74) is 11.7. The molecule has 0 radical (unpaired) electrons. The molecule has 10 aromatic rings. The number of rotatable bonds is 4. The van der Waals surface area contributed by atoms with Crippen molar-refractivity contribution in [3.8, 4) is 16.8 Å². The molecule has 0 N–H and O–H groups in total. The molecule has 0 aliphatic carbocycles. The first-order chi connectivity index (χ1) is 28.2. The highest BCUT2D eigenvalue weighted by molar-refractivity contribution is 6.32. The van der Waals surface area contributed by atoms with Gasteiger partial charge in [-0.1, -0.05) is 140 Å². The quantitative estimate of drug-likeness (QED) is 0.169. The first-order valence-corrected chi connectivity index (χ1v) is 19.5. The van der Waals surface area contributed by atoms with Gasteiger partial charge >= 0.3 is 0 Å². The van der Waals surface area contributed by atoms with Crippen LogP contribution in [0.3, 0.4) is 0 Å². The topological polar surface area (TPSA) is 33.7 Å². The van der Waals surface area contributed by atoms with E-state index in [0.717, 1.165) is 66.8 Å². The molecule has 0 saturated carbocycles. The van der Waals surface area contributed by atoms with Crippen molar-refractivity contribution in [2.75, 3.05) is 11.9 Å². The van der Waals surface area contributed by atoms with Crippen LogP contribution >= 0.6 is 0 Å². The van der Waals surface area contributed by atoms with Gasteiger partial charge in [0.15, 0.2) is 0 Å². The van der Waals surface area contributed by atoms with E-state index in [2.05, 4.69) is 192 Å². The molecule has 0 unspecified atom stereocenters. The van der Waals surface area contributed by atoms with Crippen LogP contribution in [-0.4, -0.2) is 17.3 Å². The average molecular weight is 732 g/mol. The van der Waals surface area contributed by atoms with Crippen molar-refractivity contribution in [2.45, 2.75) is 6.92 Å². The minimum absolute atomic E-state index is 0.771. The van der Waals surface area contributed by atoms with Gasteiger partial charge in [0, 0.05) is 45.4 Å². The Kier molecular flexibility index (Phi) is 7.58. The Hall–Kier alpha value is -7.43. The summed E-state index contributed by atoms with van der Waals surface area (Å²) in [6, 6.07) is 60.8. The third-order valence-electron chi connectivity index (χ3n) is 11.5. The summed E-state index contributed by atoms with van der Waals surface area (Å²) in [5.74, 6) is 0.842. The first-order valence-electron chi connectivity index (χ1n) is 19.5. The SMILES string of the molecule is C\C=C/C=c1/oc2ccc(-c3ccc4c(c3)c3ccccc3n4-c3ccccc3)cc2/c1=C1\N=C(c2ccccc2)c2c(c3ccccc3c3ccccc23)N1C. The molecule has 0 spiro atoms. The smallest absolute Gasteiger partial charge is 0.145 e. The number of hydrogen-bond donors (Lipinski definition) is 0. The summed E-state index contributed by atoms with van der Waals surface area (Å²) in [5, 5.41) is 9.23. The molecule has 2 aromatic heterocycles. The molecule has 0 saturated heterocycles. The van der Waals surface area contributed by atoms with E-state index in [1.54, 1.807) is 0 Å². The normalized spacial score (nSPS) is 14.5. The Bertz CT molecular complexity index is 3420. The van der Waals surface area contributed by atoms with Crippen LogP contribution in [0.2, 0.25) is 0 Å². The molecule has 1 aliphatic heterocycles.